The van der Waals surface area contributed by atoms with Gasteiger partial charge in [0.25, 0.3) is 0 Å². The fourth-order valence-corrected chi connectivity index (χ4v) is 0.916. The van der Waals surface area contributed by atoms with E-state index in [1.54, 1.807) is 6.92 Å². The van der Waals surface area contributed by atoms with Crippen LogP contribution in [0.1, 0.15) is 26.7 Å². The van der Waals surface area contributed by atoms with Crippen molar-refractivity contribution in [2.75, 3.05) is 0 Å². The molecule has 0 saturated heterocycles. The zero-order chi connectivity index (χ0) is 7.78. The summed E-state index contributed by atoms with van der Waals surface area (Å²) in [6.45, 7) is 3.72. The summed E-state index contributed by atoms with van der Waals surface area (Å²) in [5, 5.41) is 11.5. The fourth-order valence-electron chi connectivity index (χ4n) is 0.916. The summed E-state index contributed by atoms with van der Waals surface area (Å²) in [7, 11) is 0. The summed E-state index contributed by atoms with van der Waals surface area (Å²) in [5.41, 5.74) is 0.123. The summed E-state index contributed by atoms with van der Waals surface area (Å²) in [6, 6.07) is -0.410. The average Bonchev–Trinajstić information content (AvgIpc) is 2.47. The number of carbonyl (C=O) groups is 1. The quantitative estimate of drug-likeness (QED) is 0.608. The molecule has 1 atom stereocenters. The molecule has 1 aliphatic rings. The van der Waals surface area contributed by atoms with E-state index in [2.05, 4.69) is 5.32 Å². The van der Waals surface area contributed by atoms with Crippen molar-refractivity contribution >= 4 is 5.97 Å². The molecule has 3 heteroatoms. The molecule has 0 amide bonds. The summed E-state index contributed by atoms with van der Waals surface area (Å²) in [5.74, 6) is -0.770. The van der Waals surface area contributed by atoms with Crippen LogP contribution < -0.4 is 5.32 Å². The lowest BCUT2D eigenvalue weighted by Crippen LogP contribution is -2.41. The largest absolute Gasteiger partial charge is 0.480 e. The molecule has 0 aromatic heterocycles. The van der Waals surface area contributed by atoms with E-state index in [-0.39, 0.29) is 5.54 Å². The predicted octanol–water partition coefficient (Wildman–Crippen LogP) is 0.602. The molecular formula is C7H13NO2. The molecule has 10 heavy (non-hydrogen) atoms. The molecule has 1 aliphatic carbocycles. The van der Waals surface area contributed by atoms with E-state index in [1.807, 2.05) is 6.92 Å². The molecule has 0 aromatic carbocycles. The molecule has 3 nitrogen and oxygen atoms in total. The van der Waals surface area contributed by atoms with Crippen molar-refractivity contribution in [2.24, 2.45) is 0 Å². The Morgan fingerprint density at radius 2 is 2.20 bits per heavy atom. The van der Waals surface area contributed by atoms with Crippen LogP contribution in [0.2, 0.25) is 0 Å². The summed E-state index contributed by atoms with van der Waals surface area (Å²) >= 11 is 0. The van der Waals surface area contributed by atoms with Crippen LogP contribution in [0.3, 0.4) is 0 Å². The Balaban J connectivity index is 2.31. The Kier molecular flexibility index (Phi) is 1.68. The highest BCUT2D eigenvalue weighted by Crippen LogP contribution is 2.34. The number of hydrogen-bond donors (Lipinski definition) is 2. The highest BCUT2D eigenvalue weighted by atomic mass is 16.4. The zero-order valence-electron chi connectivity index (χ0n) is 6.35. The molecule has 0 radical (unpaired) electrons. The molecule has 0 heterocycles. The fraction of sp³-hybridized carbons (Fsp3) is 0.857. The lowest BCUT2D eigenvalue weighted by atomic mass is 10.2. The standard InChI is InChI=1S/C7H13NO2/c1-5(6(9)10)8-7(2)3-4-7/h5,8H,3-4H2,1-2H3,(H,9,10). The van der Waals surface area contributed by atoms with Gasteiger partial charge in [0.2, 0.25) is 0 Å². The van der Waals surface area contributed by atoms with Crippen LogP contribution in [0.4, 0.5) is 0 Å². The molecule has 1 fully saturated rings. The average molecular weight is 143 g/mol. The highest BCUT2D eigenvalue weighted by molar-refractivity contribution is 5.73. The van der Waals surface area contributed by atoms with Crippen LogP contribution in [0, 0.1) is 0 Å². The minimum absolute atomic E-state index is 0.123. The lowest BCUT2D eigenvalue weighted by molar-refractivity contribution is -0.139. The highest BCUT2D eigenvalue weighted by Gasteiger charge is 2.39. The van der Waals surface area contributed by atoms with Gasteiger partial charge in [0.15, 0.2) is 0 Å². The normalized spacial score (nSPS) is 23.8. The topological polar surface area (TPSA) is 49.3 Å². The van der Waals surface area contributed by atoms with E-state index < -0.39 is 12.0 Å². The molecule has 0 spiro atoms. The molecule has 1 unspecified atom stereocenters. The van der Waals surface area contributed by atoms with Crippen LogP contribution in [0.25, 0.3) is 0 Å². The maximum atomic E-state index is 10.3. The number of carboxylic acid groups (broad SMARTS) is 1. The van der Waals surface area contributed by atoms with Crippen LogP contribution >= 0.6 is 0 Å². The molecule has 0 bridgehead atoms. The summed E-state index contributed by atoms with van der Waals surface area (Å²) in [6.07, 6.45) is 2.20. The van der Waals surface area contributed by atoms with Crippen LogP contribution in [0.15, 0.2) is 0 Å². The van der Waals surface area contributed by atoms with Gasteiger partial charge in [0.1, 0.15) is 6.04 Å². The van der Waals surface area contributed by atoms with Crippen molar-refractivity contribution in [1.82, 2.24) is 5.32 Å². The van der Waals surface area contributed by atoms with Crippen LogP contribution in [0.5, 0.6) is 0 Å². The van der Waals surface area contributed by atoms with Gasteiger partial charge in [-0.2, -0.15) is 0 Å². The number of aliphatic carboxylic acids is 1. The zero-order valence-corrected chi connectivity index (χ0v) is 6.35. The predicted molar refractivity (Wildman–Crippen MR) is 37.9 cm³/mol. The van der Waals surface area contributed by atoms with Crippen LogP contribution in [-0.2, 0) is 4.79 Å². The lowest BCUT2D eigenvalue weighted by Gasteiger charge is -2.14. The molecule has 2 N–H and O–H groups in total. The van der Waals surface area contributed by atoms with E-state index in [1.165, 1.54) is 0 Å². The Labute approximate surface area is 60.4 Å². The summed E-state index contributed by atoms with van der Waals surface area (Å²) < 4.78 is 0. The number of carboxylic acids is 1. The third-order valence-electron chi connectivity index (χ3n) is 1.94. The molecule has 1 rings (SSSR count). The summed E-state index contributed by atoms with van der Waals surface area (Å²) in [4.78, 5) is 10.3. The molecule has 58 valence electrons. The Hall–Kier alpha value is -0.570. The second kappa shape index (κ2) is 2.23. The van der Waals surface area contributed by atoms with Gasteiger partial charge >= 0.3 is 5.97 Å². The minimum Gasteiger partial charge on any atom is -0.480 e. The van der Waals surface area contributed by atoms with Gasteiger partial charge in [0, 0.05) is 5.54 Å². The van der Waals surface area contributed by atoms with Crippen molar-refractivity contribution in [3.63, 3.8) is 0 Å². The second-order valence-electron chi connectivity index (χ2n) is 3.26. The first-order valence-corrected chi connectivity index (χ1v) is 3.54. The molecule has 1 saturated carbocycles. The minimum atomic E-state index is -0.770. The number of nitrogens with one attached hydrogen (secondary N) is 1. The number of rotatable bonds is 3. The van der Waals surface area contributed by atoms with Gasteiger partial charge in [-0.1, -0.05) is 0 Å². The van der Waals surface area contributed by atoms with E-state index in [0.29, 0.717) is 0 Å². The van der Waals surface area contributed by atoms with E-state index in [9.17, 15) is 4.79 Å². The first kappa shape index (κ1) is 7.54. The third kappa shape index (κ3) is 1.70. The van der Waals surface area contributed by atoms with Gasteiger partial charge in [0.05, 0.1) is 0 Å². The Morgan fingerprint density at radius 1 is 1.70 bits per heavy atom. The van der Waals surface area contributed by atoms with E-state index >= 15 is 0 Å². The number of hydrogen-bond acceptors (Lipinski definition) is 2. The van der Waals surface area contributed by atoms with Crippen molar-refractivity contribution < 1.29 is 9.90 Å². The smallest absolute Gasteiger partial charge is 0.320 e. The third-order valence-corrected chi connectivity index (χ3v) is 1.94. The monoisotopic (exact) mass is 143 g/mol. The molecular weight excluding hydrogens is 130 g/mol. The maximum absolute atomic E-state index is 10.3. The van der Waals surface area contributed by atoms with Crippen molar-refractivity contribution in [2.45, 2.75) is 38.3 Å². The SMILES string of the molecule is CC(NC1(C)CC1)C(=O)O. The first-order chi connectivity index (χ1) is 4.53. The maximum Gasteiger partial charge on any atom is 0.320 e. The van der Waals surface area contributed by atoms with Crippen molar-refractivity contribution in [1.29, 1.82) is 0 Å². The van der Waals surface area contributed by atoms with E-state index in [0.717, 1.165) is 12.8 Å². The van der Waals surface area contributed by atoms with Crippen LogP contribution in [-0.4, -0.2) is 22.7 Å². The molecule has 0 aromatic rings. The Morgan fingerprint density at radius 3 is 2.50 bits per heavy atom. The van der Waals surface area contributed by atoms with Gasteiger partial charge in [-0.15, -0.1) is 0 Å². The van der Waals surface area contributed by atoms with Gasteiger partial charge in [-0.3, -0.25) is 10.1 Å². The van der Waals surface area contributed by atoms with Crippen molar-refractivity contribution in [3.8, 4) is 0 Å². The Bertz CT molecular complexity index is 152. The van der Waals surface area contributed by atoms with Gasteiger partial charge in [-0.05, 0) is 26.7 Å². The first-order valence-electron chi connectivity index (χ1n) is 3.54. The van der Waals surface area contributed by atoms with Gasteiger partial charge < -0.3 is 5.11 Å². The molecule has 0 aliphatic heterocycles. The van der Waals surface area contributed by atoms with Crippen molar-refractivity contribution in [3.05, 3.63) is 0 Å². The second-order valence-corrected chi connectivity index (χ2v) is 3.26. The van der Waals surface area contributed by atoms with E-state index in [4.69, 9.17) is 5.11 Å². The van der Waals surface area contributed by atoms with Gasteiger partial charge in [-0.25, -0.2) is 0 Å².